The van der Waals surface area contributed by atoms with E-state index in [9.17, 15) is 4.79 Å². The summed E-state index contributed by atoms with van der Waals surface area (Å²) in [7, 11) is 1.67. The van der Waals surface area contributed by atoms with E-state index >= 15 is 0 Å². The number of hydrazone groups is 1. The minimum atomic E-state index is 0.0151. The summed E-state index contributed by atoms with van der Waals surface area (Å²) in [6.45, 7) is 2.54. The fourth-order valence-electron chi connectivity index (χ4n) is 1.67. The normalized spacial score (nSPS) is 15.2. The highest BCUT2D eigenvalue weighted by atomic mass is 16.5. The smallest absolute Gasteiger partial charge is 0.248 e. The van der Waals surface area contributed by atoms with Crippen molar-refractivity contribution in [3.8, 4) is 5.75 Å². The van der Waals surface area contributed by atoms with Crippen molar-refractivity contribution < 1.29 is 9.53 Å². The Morgan fingerprint density at radius 1 is 1.44 bits per heavy atom. The Hall–Kier alpha value is -1.84. The molecule has 1 aromatic rings. The van der Waals surface area contributed by atoms with Gasteiger partial charge in [-0.05, 0) is 19.1 Å². The zero-order valence-corrected chi connectivity index (χ0v) is 9.43. The second-order valence-electron chi connectivity index (χ2n) is 3.57. The summed E-state index contributed by atoms with van der Waals surface area (Å²) >= 11 is 0. The Bertz CT molecular complexity index is 440. The van der Waals surface area contributed by atoms with Gasteiger partial charge in [-0.1, -0.05) is 12.1 Å². The Morgan fingerprint density at radius 3 is 2.81 bits per heavy atom. The molecule has 16 heavy (non-hydrogen) atoms. The van der Waals surface area contributed by atoms with Crippen LogP contribution in [0.5, 0.6) is 5.75 Å². The molecule has 1 aliphatic heterocycles. The molecule has 84 valence electrons. The Balaban J connectivity index is 2.34. The quantitative estimate of drug-likeness (QED) is 0.774. The lowest BCUT2D eigenvalue weighted by atomic mass is 10.1. The number of rotatable bonds is 3. The molecule has 0 aromatic heterocycles. The van der Waals surface area contributed by atoms with Crippen LogP contribution in [-0.2, 0) is 4.79 Å². The van der Waals surface area contributed by atoms with Crippen LogP contribution in [0, 0.1) is 0 Å². The van der Waals surface area contributed by atoms with Gasteiger partial charge < -0.3 is 4.74 Å². The maximum atomic E-state index is 11.4. The number of nitrogens with zero attached hydrogens (tertiary/aromatic N) is 2. The molecule has 0 saturated heterocycles. The van der Waals surface area contributed by atoms with Crippen LogP contribution >= 0.6 is 0 Å². The van der Waals surface area contributed by atoms with Crippen LogP contribution in [0.4, 0.5) is 0 Å². The lowest BCUT2D eigenvalue weighted by Crippen LogP contribution is -2.14. The number of para-hydroxylation sites is 1. The van der Waals surface area contributed by atoms with E-state index in [0.29, 0.717) is 13.0 Å². The minimum absolute atomic E-state index is 0.0151. The van der Waals surface area contributed by atoms with Crippen molar-refractivity contribution in [3.63, 3.8) is 0 Å². The topological polar surface area (TPSA) is 41.9 Å². The molecule has 0 unspecified atom stereocenters. The summed E-state index contributed by atoms with van der Waals surface area (Å²) < 4.78 is 5.51. The van der Waals surface area contributed by atoms with Crippen molar-refractivity contribution in [1.82, 2.24) is 5.01 Å². The molecular formula is C12H14N2O2. The van der Waals surface area contributed by atoms with E-state index in [1.807, 2.05) is 31.2 Å². The van der Waals surface area contributed by atoms with Gasteiger partial charge in [0.15, 0.2) is 0 Å². The summed E-state index contributed by atoms with van der Waals surface area (Å²) in [6.07, 6.45) is 0.348. The molecule has 4 nitrogen and oxygen atoms in total. The molecule has 1 aliphatic rings. The lowest BCUT2D eigenvalue weighted by Gasteiger charge is -2.08. The minimum Gasteiger partial charge on any atom is -0.493 e. The van der Waals surface area contributed by atoms with Crippen LogP contribution in [-0.4, -0.2) is 30.3 Å². The maximum Gasteiger partial charge on any atom is 0.248 e. The third kappa shape index (κ3) is 1.91. The average Bonchev–Trinajstić information content (AvgIpc) is 2.60. The Labute approximate surface area is 94.5 Å². The van der Waals surface area contributed by atoms with E-state index in [-0.39, 0.29) is 5.91 Å². The van der Waals surface area contributed by atoms with E-state index in [4.69, 9.17) is 4.74 Å². The maximum absolute atomic E-state index is 11.4. The van der Waals surface area contributed by atoms with E-state index in [2.05, 4.69) is 5.10 Å². The lowest BCUT2D eigenvalue weighted by molar-refractivity contribution is -0.127. The predicted octanol–water partition coefficient (Wildman–Crippen LogP) is 1.65. The third-order valence-corrected chi connectivity index (χ3v) is 2.45. The first kappa shape index (κ1) is 10.7. The van der Waals surface area contributed by atoms with Gasteiger partial charge in [-0.15, -0.1) is 0 Å². The first-order chi connectivity index (χ1) is 7.72. The van der Waals surface area contributed by atoms with Crippen molar-refractivity contribution in [1.29, 1.82) is 0 Å². The fourth-order valence-corrected chi connectivity index (χ4v) is 1.67. The molecule has 0 spiro atoms. The molecule has 1 heterocycles. The molecule has 0 fully saturated rings. The molecule has 0 aliphatic carbocycles. The number of amides is 1. The van der Waals surface area contributed by atoms with Crippen molar-refractivity contribution in [3.05, 3.63) is 29.8 Å². The van der Waals surface area contributed by atoms with Gasteiger partial charge in [-0.25, -0.2) is 5.01 Å². The predicted molar refractivity (Wildman–Crippen MR) is 61.5 cm³/mol. The van der Waals surface area contributed by atoms with Crippen molar-refractivity contribution in [2.45, 2.75) is 13.3 Å². The fraction of sp³-hybridized carbons (Fsp3) is 0.333. The molecule has 0 saturated carbocycles. The van der Waals surface area contributed by atoms with E-state index in [1.54, 1.807) is 7.05 Å². The van der Waals surface area contributed by atoms with Crippen LogP contribution in [0.1, 0.15) is 18.9 Å². The number of hydrogen-bond acceptors (Lipinski definition) is 3. The van der Waals surface area contributed by atoms with Crippen LogP contribution in [0.15, 0.2) is 29.4 Å². The molecule has 2 rings (SSSR count). The Morgan fingerprint density at radius 2 is 2.19 bits per heavy atom. The number of carbonyl (C=O) groups is 1. The number of carbonyl (C=O) groups excluding carboxylic acids is 1. The summed E-state index contributed by atoms with van der Waals surface area (Å²) in [5.74, 6) is 0.799. The van der Waals surface area contributed by atoms with Gasteiger partial charge in [0.2, 0.25) is 5.91 Å². The molecule has 0 radical (unpaired) electrons. The average molecular weight is 218 g/mol. The summed E-state index contributed by atoms with van der Waals surface area (Å²) in [5, 5.41) is 5.58. The molecular weight excluding hydrogens is 204 g/mol. The standard InChI is InChI=1S/C12H14N2O2/c1-3-16-11-7-5-4-6-9(11)10-8-12(15)14(2)13-10/h4-7H,3,8H2,1-2H3. The van der Waals surface area contributed by atoms with Crippen molar-refractivity contribution in [2.24, 2.45) is 5.10 Å². The largest absolute Gasteiger partial charge is 0.493 e. The summed E-state index contributed by atoms with van der Waals surface area (Å²) in [5.41, 5.74) is 1.68. The summed E-state index contributed by atoms with van der Waals surface area (Å²) in [4.78, 5) is 11.4. The first-order valence-corrected chi connectivity index (χ1v) is 5.28. The monoisotopic (exact) mass is 218 g/mol. The molecule has 0 atom stereocenters. The second-order valence-corrected chi connectivity index (χ2v) is 3.57. The highest BCUT2D eigenvalue weighted by molar-refractivity contribution is 6.14. The highest BCUT2D eigenvalue weighted by Crippen LogP contribution is 2.23. The van der Waals surface area contributed by atoms with Gasteiger partial charge in [0, 0.05) is 12.6 Å². The number of benzene rings is 1. The van der Waals surface area contributed by atoms with E-state index in [1.165, 1.54) is 5.01 Å². The second kappa shape index (κ2) is 4.35. The Kier molecular flexibility index (Phi) is 2.90. The third-order valence-electron chi connectivity index (χ3n) is 2.45. The van der Waals surface area contributed by atoms with Crippen molar-refractivity contribution >= 4 is 11.6 Å². The van der Waals surface area contributed by atoms with Gasteiger partial charge in [0.25, 0.3) is 0 Å². The van der Waals surface area contributed by atoms with Crippen molar-refractivity contribution in [2.75, 3.05) is 13.7 Å². The highest BCUT2D eigenvalue weighted by Gasteiger charge is 2.23. The van der Waals surface area contributed by atoms with Crippen LogP contribution < -0.4 is 4.74 Å². The number of ether oxygens (including phenoxy) is 1. The van der Waals surface area contributed by atoms with Crippen LogP contribution in [0.2, 0.25) is 0 Å². The van der Waals surface area contributed by atoms with Gasteiger partial charge in [0.05, 0.1) is 18.7 Å². The molecule has 1 aromatic carbocycles. The molecule has 0 N–H and O–H groups in total. The van der Waals surface area contributed by atoms with E-state index < -0.39 is 0 Å². The SMILES string of the molecule is CCOc1ccccc1C1=NN(C)C(=O)C1. The van der Waals surface area contributed by atoms with E-state index in [0.717, 1.165) is 17.0 Å². The summed E-state index contributed by atoms with van der Waals surface area (Å²) in [6, 6.07) is 7.65. The zero-order valence-electron chi connectivity index (χ0n) is 9.43. The first-order valence-electron chi connectivity index (χ1n) is 5.28. The van der Waals surface area contributed by atoms with Crippen LogP contribution in [0.25, 0.3) is 0 Å². The number of hydrogen-bond donors (Lipinski definition) is 0. The molecule has 4 heteroatoms. The molecule has 1 amide bonds. The van der Waals surface area contributed by atoms with Gasteiger partial charge in [0.1, 0.15) is 5.75 Å². The van der Waals surface area contributed by atoms with Crippen LogP contribution in [0.3, 0.4) is 0 Å². The van der Waals surface area contributed by atoms with Gasteiger partial charge in [-0.2, -0.15) is 5.10 Å². The van der Waals surface area contributed by atoms with Gasteiger partial charge in [-0.3, -0.25) is 4.79 Å². The molecule has 0 bridgehead atoms. The zero-order chi connectivity index (χ0) is 11.5. The van der Waals surface area contributed by atoms with Gasteiger partial charge >= 0.3 is 0 Å².